The topological polar surface area (TPSA) is 86.5 Å². The summed E-state index contributed by atoms with van der Waals surface area (Å²) < 4.78 is 27.7. The lowest BCUT2D eigenvalue weighted by molar-refractivity contribution is 0.0334. The lowest BCUT2D eigenvalue weighted by Gasteiger charge is -2.13. The molecule has 0 aliphatic heterocycles. The van der Waals surface area contributed by atoms with Gasteiger partial charge in [0.1, 0.15) is 4.90 Å². The maximum Gasteiger partial charge on any atom is 0.341 e. The van der Waals surface area contributed by atoms with Gasteiger partial charge in [-0.2, -0.15) is 0 Å². The largest absolute Gasteiger partial charge is 0.459 e. The number of carbonyl (C=O) groups excluding carboxylic acids is 1. The van der Waals surface area contributed by atoms with E-state index in [0.717, 1.165) is 6.07 Å². The number of halogens is 2. The summed E-state index contributed by atoms with van der Waals surface area (Å²) in [4.78, 5) is 11.5. The molecule has 0 aliphatic rings. The minimum atomic E-state index is -4.04. The summed E-state index contributed by atoms with van der Waals surface area (Å²) in [6.07, 6.45) is 0.272. The molecular formula is C11H13Cl2NO4S. The molecule has 106 valence electrons. The van der Waals surface area contributed by atoms with Crippen molar-refractivity contribution in [1.29, 1.82) is 0 Å². The molecule has 0 saturated carbocycles. The van der Waals surface area contributed by atoms with Crippen molar-refractivity contribution in [3.63, 3.8) is 0 Å². The predicted molar refractivity (Wildman–Crippen MR) is 73.0 cm³/mol. The number of carbonyl (C=O) groups is 1. The second-order valence-electron chi connectivity index (χ2n) is 3.90. The van der Waals surface area contributed by atoms with Gasteiger partial charge in [0.2, 0.25) is 10.0 Å². The Bertz CT molecular complexity index is 601. The third-order valence-corrected chi connectivity index (χ3v) is 4.22. The molecule has 8 heteroatoms. The van der Waals surface area contributed by atoms with Gasteiger partial charge in [0.05, 0.1) is 21.7 Å². The highest BCUT2D eigenvalue weighted by atomic mass is 35.5. The molecular weight excluding hydrogens is 313 g/mol. The van der Waals surface area contributed by atoms with Crippen LogP contribution in [0.1, 0.15) is 30.6 Å². The van der Waals surface area contributed by atoms with Gasteiger partial charge in [-0.05, 0) is 25.5 Å². The van der Waals surface area contributed by atoms with Crippen molar-refractivity contribution in [2.75, 3.05) is 0 Å². The second kappa shape index (κ2) is 6.09. The summed E-state index contributed by atoms with van der Waals surface area (Å²) in [6.45, 7) is 3.53. The zero-order valence-electron chi connectivity index (χ0n) is 10.3. The Morgan fingerprint density at radius 3 is 2.47 bits per heavy atom. The van der Waals surface area contributed by atoms with Gasteiger partial charge in [0.25, 0.3) is 0 Å². The average Bonchev–Trinajstić information content (AvgIpc) is 2.26. The summed E-state index contributed by atoms with van der Waals surface area (Å²) in [5, 5.41) is 4.67. The minimum Gasteiger partial charge on any atom is -0.459 e. The zero-order valence-corrected chi connectivity index (χ0v) is 12.6. The van der Waals surface area contributed by atoms with Crippen LogP contribution in [0.5, 0.6) is 0 Å². The number of esters is 1. The maximum absolute atomic E-state index is 11.9. The molecule has 0 aromatic heterocycles. The normalized spacial score (nSPS) is 13.1. The summed E-state index contributed by atoms with van der Waals surface area (Å²) in [7, 11) is -4.04. The Labute approximate surface area is 121 Å². The quantitative estimate of drug-likeness (QED) is 0.862. The van der Waals surface area contributed by atoms with Gasteiger partial charge in [-0.25, -0.2) is 18.4 Å². The number of hydrogen-bond donors (Lipinski definition) is 1. The fourth-order valence-corrected chi connectivity index (χ4v) is 2.72. The highest BCUT2D eigenvalue weighted by molar-refractivity contribution is 7.89. The highest BCUT2D eigenvalue weighted by Gasteiger charge is 2.24. The van der Waals surface area contributed by atoms with Crippen molar-refractivity contribution >= 4 is 39.2 Å². The summed E-state index contributed by atoms with van der Waals surface area (Å²) in [6, 6.07) is 2.38. The molecule has 0 saturated heterocycles. The van der Waals surface area contributed by atoms with Gasteiger partial charge in [-0.15, -0.1) is 0 Å². The summed E-state index contributed by atoms with van der Waals surface area (Å²) >= 11 is 11.7. The van der Waals surface area contributed by atoms with Gasteiger partial charge in [0, 0.05) is 0 Å². The van der Waals surface area contributed by atoms with E-state index < -0.39 is 16.0 Å². The van der Waals surface area contributed by atoms with E-state index in [9.17, 15) is 13.2 Å². The number of nitrogens with two attached hydrogens (primary N) is 1. The van der Waals surface area contributed by atoms with Gasteiger partial charge in [-0.1, -0.05) is 30.1 Å². The number of hydrogen-bond acceptors (Lipinski definition) is 4. The van der Waals surface area contributed by atoms with Crippen LogP contribution in [0.25, 0.3) is 0 Å². The van der Waals surface area contributed by atoms with Crippen molar-refractivity contribution in [2.24, 2.45) is 5.14 Å². The predicted octanol–water partition coefficient (Wildman–Crippen LogP) is 2.60. The molecule has 19 heavy (non-hydrogen) atoms. The van der Waals surface area contributed by atoms with Crippen LogP contribution >= 0.6 is 23.2 Å². The van der Waals surface area contributed by atoms with E-state index in [4.69, 9.17) is 33.1 Å². The molecule has 0 amide bonds. The molecule has 1 aromatic rings. The Hall–Kier alpha value is -0.820. The van der Waals surface area contributed by atoms with Crippen molar-refractivity contribution in [3.8, 4) is 0 Å². The first-order valence-electron chi connectivity index (χ1n) is 5.40. The van der Waals surface area contributed by atoms with E-state index >= 15 is 0 Å². The lowest BCUT2D eigenvalue weighted by atomic mass is 10.2. The van der Waals surface area contributed by atoms with Crippen molar-refractivity contribution < 1.29 is 17.9 Å². The number of ether oxygens (including phenoxy) is 1. The van der Waals surface area contributed by atoms with Crippen LogP contribution in [-0.2, 0) is 14.8 Å². The first kappa shape index (κ1) is 16.2. The van der Waals surface area contributed by atoms with E-state index in [2.05, 4.69) is 0 Å². The number of rotatable bonds is 4. The molecule has 0 spiro atoms. The molecule has 0 fully saturated rings. The average molecular weight is 326 g/mol. The monoisotopic (exact) mass is 325 g/mol. The Morgan fingerprint density at radius 1 is 1.42 bits per heavy atom. The Kier molecular flexibility index (Phi) is 5.20. The molecule has 0 bridgehead atoms. The summed E-state index contributed by atoms with van der Waals surface area (Å²) in [5.74, 6) is -0.783. The van der Waals surface area contributed by atoms with Crippen molar-refractivity contribution in [1.82, 2.24) is 0 Å². The van der Waals surface area contributed by atoms with Crippen LogP contribution in [0, 0.1) is 0 Å². The number of benzene rings is 1. The third kappa shape index (κ3) is 3.82. The zero-order chi connectivity index (χ0) is 14.8. The van der Waals surface area contributed by atoms with E-state index in [-0.39, 0.29) is 26.6 Å². The molecule has 0 heterocycles. The molecule has 2 N–H and O–H groups in total. The molecule has 0 aliphatic carbocycles. The smallest absolute Gasteiger partial charge is 0.341 e. The molecule has 5 nitrogen and oxygen atoms in total. The van der Waals surface area contributed by atoms with Crippen LogP contribution in [-0.4, -0.2) is 20.5 Å². The van der Waals surface area contributed by atoms with Crippen LogP contribution < -0.4 is 5.14 Å². The molecule has 1 rings (SSSR count). The van der Waals surface area contributed by atoms with Gasteiger partial charge in [0.15, 0.2) is 0 Å². The van der Waals surface area contributed by atoms with E-state index in [1.54, 1.807) is 6.92 Å². The molecule has 1 aromatic carbocycles. The van der Waals surface area contributed by atoms with Crippen molar-refractivity contribution in [3.05, 3.63) is 27.7 Å². The Balaban J connectivity index is 3.32. The standard InChI is InChI=1S/C11H13Cl2NO4S/c1-3-6(2)18-11(15)9-7(12)4-5-8(10(9)13)19(14,16)17/h4-6H,3H2,1-2H3,(H2,14,16,17). The number of primary sulfonamides is 1. The minimum absolute atomic E-state index is 0.00528. The Morgan fingerprint density at radius 2 is 2.00 bits per heavy atom. The van der Waals surface area contributed by atoms with E-state index in [1.165, 1.54) is 6.07 Å². The summed E-state index contributed by atoms with van der Waals surface area (Å²) in [5.41, 5.74) is -0.199. The number of sulfonamides is 1. The second-order valence-corrected chi connectivity index (χ2v) is 6.22. The van der Waals surface area contributed by atoms with E-state index in [1.807, 2.05) is 6.92 Å². The fraction of sp³-hybridized carbons (Fsp3) is 0.364. The van der Waals surface area contributed by atoms with Crippen LogP contribution in [0.2, 0.25) is 10.0 Å². The van der Waals surface area contributed by atoms with Crippen LogP contribution in [0.3, 0.4) is 0 Å². The van der Waals surface area contributed by atoms with Crippen LogP contribution in [0.15, 0.2) is 17.0 Å². The first-order valence-corrected chi connectivity index (χ1v) is 7.70. The van der Waals surface area contributed by atoms with Crippen molar-refractivity contribution in [2.45, 2.75) is 31.3 Å². The fourth-order valence-electron chi connectivity index (χ4n) is 1.27. The lowest BCUT2D eigenvalue weighted by Crippen LogP contribution is -2.18. The van der Waals surface area contributed by atoms with Gasteiger partial charge >= 0.3 is 5.97 Å². The van der Waals surface area contributed by atoms with Crippen LogP contribution in [0.4, 0.5) is 0 Å². The molecule has 1 unspecified atom stereocenters. The molecule has 1 atom stereocenters. The third-order valence-electron chi connectivity index (χ3n) is 2.45. The van der Waals surface area contributed by atoms with Gasteiger partial charge < -0.3 is 4.74 Å². The SMILES string of the molecule is CCC(C)OC(=O)c1c(Cl)ccc(S(N)(=O)=O)c1Cl. The molecule has 0 radical (unpaired) electrons. The first-order chi connectivity index (χ1) is 8.68. The van der Waals surface area contributed by atoms with Gasteiger partial charge in [-0.3, -0.25) is 0 Å². The highest BCUT2D eigenvalue weighted by Crippen LogP contribution is 2.31. The maximum atomic E-state index is 11.9. The van der Waals surface area contributed by atoms with E-state index in [0.29, 0.717) is 6.42 Å².